The Morgan fingerprint density at radius 2 is 1.89 bits per heavy atom. The van der Waals surface area contributed by atoms with Crippen molar-refractivity contribution >= 4 is 39.6 Å². The first kappa shape index (κ1) is 18.6. The number of fused-ring (bicyclic) bond motifs is 2. The summed E-state index contributed by atoms with van der Waals surface area (Å²) in [5.41, 5.74) is -0.976. The number of hydrogen-bond donors (Lipinski definition) is 1. The minimum atomic E-state index is -1.19. The van der Waals surface area contributed by atoms with Crippen molar-refractivity contribution in [1.82, 2.24) is 14.9 Å². The number of halogens is 3. The molecule has 4 rings (SSSR count). The van der Waals surface area contributed by atoms with Crippen LogP contribution in [0.15, 0.2) is 29.0 Å². The molecule has 0 unspecified atom stereocenters. The topological polar surface area (TPSA) is 92.3 Å². The number of nitrogens with zero attached hydrogens (tertiary/aromatic N) is 3. The Labute approximate surface area is 166 Å². The SMILES string of the molecule is C[C@H](C(=O)Nc1ncc(F)cn1)N1C(=O)c2ccc(Br)c(F)c2C2(CC2)C1=O. The number of anilines is 1. The fraction of sp³-hybridized carbons (Fsp3) is 0.278. The Morgan fingerprint density at radius 1 is 1.25 bits per heavy atom. The molecule has 1 spiro atoms. The summed E-state index contributed by atoms with van der Waals surface area (Å²) < 4.78 is 27.7. The Bertz CT molecular complexity index is 1020. The first-order chi connectivity index (χ1) is 13.3. The van der Waals surface area contributed by atoms with Crippen LogP contribution in [0.1, 0.15) is 35.7 Å². The average molecular weight is 451 g/mol. The monoisotopic (exact) mass is 450 g/mol. The van der Waals surface area contributed by atoms with Gasteiger partial charge in [0.25, 0.3) is 5.91 Å². The van der Waals surface area contributed by atoms with E-state index in [0.717, 1.165) is 17.3 Å². The van der Waals surface area contributed by atoms with Gasteiger partial charge in [-0.25, -0.2) is 18.7 Å². The highest BCUT2D eigenvalue weighted by molar-refractivity contribution is 9.10. The molecule has 0 radical (unpaired) electrons. The van der Waals surface area contributed by atoms with Gasteiger partial charge in [-0.05, 0) is 47.8 Å². The molecule has 10 heteroatoms. The molecule has 2 heterocycles. The third-order valence-corrected chi connectivity index (χ3v) is 5.64. The maximum absolute atomic E-state index is 14.7. The van der Waals surface area contributed by atoms with Crippen molar-refractivity contribution < 1.29 is 23.2 Å². The summed E-state index contributed by atoms with van der Waals surface area (Å²) in [4.78, 5) is 46.6. The molecule has 3 amide bonds. The molecule has 1 aromatic carbocycles. The summed E-state index contributed by atoms with van der Waals surface area (Å²) in [6.45, 7) is 1.38. The smallest absolute Gasteiger partial charge is 0.261 e. The molecule has 1 aromatic heterocycles. The van der Waals surface area contributed by atoms with Gasteiger partial charge < -0.3 is 0 Å². The standard InChI is InChI=1S/C18H13BrF2N4O3/c1-8(14(26)24-17-22-6-9(20)7-23-17)25-15(27)10-2-3-11(19)13(21)12(10)18(4-5-18)16(25)28/h2-3,6-8H,4-5H2,1H3,(H,22,23,24,26)/t8-/m1/s1. The van der Waals surface area contributed by atoms with Crippen molar-refractivity contribution in [2.45, 2.75) is 31.2 Å². The lowest BCUT2D eigenvalue weighted by atomic mass is 9.84. The van der Waals surface area contributed by atoms with Crippen molar-refractivity contribution in [3.8, 4) is 0 Å². The molecule has 1 saturated carbocycles. The summed E-state index contributed by atoms with van der Waals surface area (Å²) in [7, 11) is 0. The van der Waals surface area contributed by atoms with Gasteiger partial charge in [-0.1, -0.05) is 0 Å². The molecule has 1 aliphatic heterocycles. The van der Waals surface area contributed by atoms with E-state index in [9.17, 15) is 23.2 Å². The highest BCUT2D eigenvalue weighted by atomic mass is 79.9. The number of amides is 3. The van der Waals surface area contributed by atoms with Gasteiger partial charge in [0.15, 0.2) is 5.82 Å². The zero-order valence-electron chi connectivity index (χ0n) is 14.5. The first-order valence-corrected chi connectivity index (χ1v) is 9.20. The van der Waals surface area contributed by atoms with Gasteiger partial charge in [0, 0.05) is 11.1 Å². The molecule has 144 valence electrons. The highest BCUT2D eigenvalue weighted by Crippen LogP contribution is 2.55. The summed E-state index contributed by atoms with van der Waals surface area (Å²) >= 11 is 3.09. The van der Waals surface area contributed by atoms with E-state index in [-0.39, 0.29) is 21.5 Å². The molecule has 1 atom stereocenters. The molecular weight excluding hydrogens is 438 g/mol. The molecule has 2 aliphatic rings. The number of nitrogens with one attached hydrogen (secondary N) is 1. The lowest BCUT2D eigenvalue weighted by molar-refractivity contribution is -0.137. The van der Waals surface area contributed by atoms with Gasteiger partial charge in [-0.3, -0.25) is 24.6 Å². The maximum Gasteiger partial charge on any atom is 0.261 e. The van der Waals surface area contributed by atoms with Gasteiger partial charge in [-0.2, -0.15) is 0 Å². The van der Waals surface area contributed by atoms with E-state index in [1.807, 2.05) is 0 Å². The van der Waals surface area contributed by atoms with Crippen molar-refractivity contribution in [3.63, 3.8) is 0 Å². The van der Waals surface area contributed by atoms with Crippen LogP contribution in [0.4, 0.5) is 14.7 Å². The molecule has 0 saturated heterocycles. The number of imide groups is 1. The van der Waals surface area contributed by atoms with Gasteiger partial charge in [0.2, 0.25) is 17.8 Å². The molecule has 7 nitrogen and oxygen atoms in total. The normalized spacial score (nSPS) is 18.1. The zero-order valence-corrected chi connectivity index (χ0v) is 16.1. The van der Waals surface area contributed by atoms with Gasteiger partial charge in [-0.15, -0.1) is 0 Å². The summed E-state index contributed by atoms with van der Waals surface area (Å²) in [6.07, 6.45) is 2.54. The van der Waals surface area contributed by atoms with Crippen LogP contribution in [0.2, 0.25) is 0 Å². The van der Waals surface area contributed by atoms with Crippen LogP contribution in [-0.2, 0) is 15.0 Å². The van der Waals surface area contributed by atoms with Crippen molar-refractivity contribution in [2.24, 2.45) is 0 Å². The van der Waals surface area contributed by atoms with Gasteiger partial charge in [0.1, 0.15) is 11.9 Å². The second-order valence-electron chi connectivity index (χ2n) is 6.74. The van der Waals surface area contributed by atoms with Crippen LogP contribution in [0.3, 0.4) is 0 Å². The predicted octanol–water partition coefficient (Wildman–Crippen LogP) is 2.56. The van der Waals surface area contributed by atoms with E-state index >= 15 is 0 Å². The minimum Gasteiger partial charge on any atom is -0.293 e. The van der Waals surface area contributed by atoms with E-state index in [1.165, 1.54) is 19.1 Å². The number of benzene rings is 1. The van der Waals surface area contributed by atoms with Crippen LogP contribution in [0, 0.1) is 11.6 Å². The van der Waals surface area contributed by atoms with Crippen LogP contribution in [0.25, 0.3) is 0 Å². The lowest BCUT2D eigenvalue weighted by Gasteiger charge is -2.36. The molecule has 1 N–H and O–H groups in total. The van der Waals surface area contributed by atoms with E-state index in [4.69, 9.17) is 0 Å². The fourth-order valence-corrected chi connectivity index (χ4v) is 3.74. The predicted molar refractivity (Wildman–Crippen MR) is 96.3 cm³/mol. The molecule has 2 aromatic rings. The van der Waals surface area contributed by atoms with Crippen LogP contribution in [-0.4, -0.2) is 38.6 Å². The Hall–Kier alpha value is -2.75. The molecule has 1 fully saturated rings. The van der Waals surface area contributed by atoms with E-state index in [2.05, 4.69) is 31.2 Å². The third-order valence-electron chi connectivity index (χ3n) is 5.02. The molecule has 28 heavy (non-hydrogen) atoms. The van der Waals surface area contributed by atoms with Gasteiger partial charge in [0.05, 0.1) is 22.3 Å². The second kappa shape index (κ2) is 6.40. The largest absolute Gasteiger partial charge is 0.293 e. The zero-order chi connectivity index (χ0) is 20.2. The van der Waals surface area contributed by atoms with Crippen molar-refractivity contribution in [1.29, 1.82) is 0 Å². The average Bonchev–Trinajstić information content (AvgIpc) is 3.46. The quantitative estimate of drug-likeness (QED) is 0.725. The first-order valence-electron chi connectivity index (χ1n) is 8.41. The maximum atomic E-state index is 14.7. The Kier molecular flexibility index (Phi) is 4.25. The Morgan fingerprint density at radius 3 is 2.50 bits per heavy atom. The number of aromatic nitrogens is 2. The number of carbonyl (C=O) groups is 3. The summed E-state index contributed by atoms with van der Waals surface area (Å²) in [5.74, 6) is -3.53. The third kappa shape index (κ3) is 2.70. The summed E-state index contributed by atoms with van der Waals surface area (Å²) in [6, 6.07) is 1.65. The fourth-order valence-electron chi connectivity index (χ4n) is 3.41. The number of carbonyl (C=O) groups excluding carboxylic acids is 3. The van der Waals surface area contributed by atoms with Crippen LogP contribution in [0.5, 0.6) is 0 Å². The number of hydrogen-bond acceptors (Lipinski definition) is 5. The van der Waals surface area contributed by atoms with E-state index in [0.29, 0.717) is 12.8 Å². The molecule has 0 bridgehead atoms. The summed E-state index contributed by atoms with van der Waals surface area (Å²) in [5, 5.41) is 2.34. The van der Waals surface area contributed by atoms with Crippen LogP contribution >= 0.6 is 15.9 Å². The minimum absolute atomic E-state index is 0.0653. The van der Waals surface area contributed by atoms with Crippen LogP contribution < -0.4 is 5.32 Å². The lowest BCUT2D eigenvalue weighted by Crippen LogP contribution is -2.56. The van der Waals surface area contributed by atoms with E-state index < -0.39 is 40.8 Å². The van der Waals surface area contributed by atoms with E-state index in [1.54, 1.807) is 0 Å². The second-order valence-corrected chi connectivity index (χ2v) is 7.59. The number of rotatable bonds is 3. The van der Waals surface area contributed by atoms with Crippen molar-refractivity contribution in [2.75, 3.05) is 5.32 Å². The van der Waals surface area contributed by atoms with Gasteiger partial charge >= 0.3 is 0 Å². The molecule has 1 aliphatic carbocycles. The molecular formula is C18H13BrF2N4O3. The van der Waals surface area contributed by atoms with Crippen molar-refractivity contribution in [3.05, 3.63) is 51.8 Å². The highest BCUT2D eigenvalue weighted by Gasteiger charge is 2.61. The Balaban J connectivity index is 1.67.